The second-order valence-electron chi connectivity index (χ2n) is 16.1. The number of methoxy groups -OCH3 is 1. The molecule has 3 amide bonds. The van der Waals surface area contributed by atoms with Gasteiger partial charge in [-0.05, 0) is 66.4 Å². The van der Waals surface area contributed by atoms with Crippen LogP contribution in [-0.4, -0.2) is 119 Å². The molecule has 10 atom stereocenters. The lowest BCUT2D eigenvalue weighted by Gasteiger charge is -2.37. The number of amides is 3. The van der Waals surface area contributed by atoms with Gasteiger partial charge in [0.05, 0.1) is 52.6 Å². The highest BCUT2D eigenvalue weighted by molar-refractivity contribution is 6.91. The molecule has 3 saturated heterocycles. The lowest BCUT2D eigenvalue weighted by Crippen LogP contribution is -2.60. The van der Waals surface area contributed by atoms with E-state index < -0.39 is 62.3 Å². The highest BCUT2D eigenvalue weighted by atomic mass is 35.5. The van der Waals surface area contributed by atoms with Crippen LogP contribution in [0.5, 0.6) is 5.75 Å². The Hall–Kier alpha value is -3.90. The first-order chi connectivity index (χ1) is 27.1. The van der Waals surface area contributed by atoms with Crippen molar-refractivity contribution in [3.63, 3.8) is 0 Å². The van der Waals surface area contributed by atoms with Crippen LogP contribution in [0.2, 0.25) is 23.7 Å². The van der Waals surface area contributed by atoms with Gasteiger partial charge >= 0.3 is 0 Å². The van der Waals surface area contributed by atoms with Crippen LogP contribution in [0, 0.1) is 5.92 Å². The molecule has 4 aliphatic heterocycles. The number of carbonyl (C=O) groups is 3. The molecular formula is C41H50ClN3O11Si. The fraction of sp³-hybridized carbons (Fsp3) is 0.488. The molecule has 306 valence electrons. The number of likely N-dealkylation sites (tertiary alicyclic amines) is 1. The fourth-order valence-corrected chi connectivity index (χ4v) is 13.7. The van der Waals surface area contributed by atoms with Crippen molar-refractivity contribution in [1.82, 2.24) is 4.90 Å². The number of nitrogens with one attached hydrogen (secondary N) is 1. The smallest absolute Gasteiger partial charge is 0.264 e. The van der Waals surface area contributed by atoms with Crippen LogP contribution in [0.3, 0.4) is 0 Å². The van der Waals surface area contributed by atoms with Crippen molar-refractivity contribution in [2.24, 2.45) is 5.92 Å². The Bertz CT molecular complexity index is 2000. The lowest BCUT2D eigenvalue weighted by atomic mass is 9.82. The third-order valence-electron chi connectivity index (χ3n) is 12.5. The maximum atomic E-state index is 15.2. The summed E-state index contributed by atoms with van der Waals surface area (Å²) < 4.78 is 17.7. The highest BCUT2D eigenvalue weighted by Crippen LogP contribution is 2.60. The van der Waals surface area contributed by atoms with E-state index in [0.717, 1.165) is 23.8 Å². The van der Waals surface area contributed by atoms with Gasteiger partial charge in [-0.1, -0.05) is 61.1 Å². The summed E-state index contributed by atoms with van der Waals surface area (Å²) in [5, 5.41) is 54.5. The van der Waals surface area contributed by atoms with Crippen molar-refractivity contribution >= 4 is 54.0 Å². The Morgan fingerprint density at radius 1 is 1.02 bits per heavy atom. The first kappa shape index (κ1) is 41.3. The number of aliphatic hydroxyl groups is 5. The van der Waals surface area contributed by atoms with E-state index in [9.17, 15) is 35.1 Å². The molecule has 1 spiro atoms. The van der Waals surface area contributed by atoms with Gasteiger partial charge in [-0.3, -0.25) is 14.4 Å². The maximum Gasteiger partial charge on any atom is 0.264 e. The summed E-state index contributed by atoms with van der Waals surface area (Å²) in [6.07, 6.45) is -8.02. The van der Waals surface area contributed by atoms with Crippen LogP contribution in [0.15, 0.2) is 66.7 Å². The molecule has 6 N–H and O–H groups in total. The summed E-state index contributed by atoms with van der Waals surface area (Å²) in [7, 11) is -0.953. The van der Waals surface area contributed by atoms with E-state index in [-0.39, 0.29) is 43.0 Å². The number of nitrogens with zero attached hydrogens (tertiary/aromatic N) is 2. The second kappa shape index (κ2) is 16.0. The Morgan fingerprint density at radius 3 is 2.46 bits per heavy atom. The molecule has 0 unspecified atom stereocenters. The minimum atomic E-state index is -2.57. The van der Waals surface area contributed by atoms with Gasteiger partial charge < -0.3 is 54.9 Å². The number of anilines is 2. The van der Waals surface area contributed by atoms with Crippen LogP contribution in [0.25, 0.3) is 0 Å². The molecule has 14 nitrogen and oxygen atoms in total. The number of benzene rings is 3. The van der Waals surface area contributed by atoms with Gasteiger partial charge in [-0.2, -0.15) is 0 Å². The number of rotatable bonds is 10. The zero-order valence-electron chi connectivity index (χ0n) is 32.2. The summed E-state index contributed by atoms with van der Waals surface area (Å²) in [5.74, 6) is -0.973. The number of aliphatic hydroxyl groups excluding tert-OH is 5. The molecular weight excluding hydrogens is 774 g/mol. The van der Waals surface area contributed by atoms with Gasteiger partial charge in [-0.25, -0.2) is 0 Å². The van der Waals surface area contributed by atoms with Gasteiger partial charge in [0.1, 0.15) is 24.1 Å². The highest BCUT2D eigenvalue weighted by Gasteiger charge is 2.66. The average Bonchev–Trinajstić information content (AvgIpc) is 3.86. The molecule has 16 heteroatoms. The average molecular weight is 824 g/mol. The van der Waals surface area contributed by atoms with Gasteiger partial charge in [0, 0.05) is 28.7 Å². The van der Waals surface area contributed by atoms with Crippen molar-refractivity contribution in [3.05, 3.63) is 82.9 Å². The normalized spacial score (nSPS) is 31.2. The zero-order chi connectivity index (χ0) is 41.0. The molecule has 57 heavy (non-hydrogen) atoms. The Labute approximate surface area is 336 Å². The number of hydrogen-bond acceptors (Lipinski definition) is 11. The molecule has 4 aliphatic rings. The van der Waals surface area contributed by atoms with E-state index in [1.807, 2.05) is 19.1 Å². The molecule has 0 aliphatic carbocycles. The minimum absolute atomic E-state index is 0.0389. The van der Waals surface area contributed by atoms with Crippen molar-refractivity contribution in [3.8, 4) is 5.75 Å². The van der Waals surface area contributed by atoms with E-state index in [2.05, 4.69) is 30.5 Å². The molecule has 0 aromatic heterocycles. The Kier molecular flexibility index (Phi) is 11.6. The van der Waals surface area contributed by atoms with Gasteiger partial charge in [0.25, 0.3) is 11.8 Å². The van der Waals surface area contributed by atoms with E-state index in [1.54, 1.807) is 59.4 Å². The number of halogens is 1. The van der Waals surface area contributed by atoms with Crippen molar-refractivity contribution < 1.29 is 54.1 Å². The summed E-state index contributed by atoms with van der Waals surface area (Å²) >= 11 is 6.66. The molecule has 3 aromatic carbocycles. The quantitative estimate of drug-likeness (QED) is 0.164. The number of carbonyl (C=O) groups excluding carboxylic acids is 3. The molecule has 0 saturated carbocycles. The summed E-state index contributed by atoms with van der Waals surface area (Å²) in [4.78, 5) is 45.8. The van der Waals surface area contributed by atoms with E-state index >= 15 is 4.79 Å². The molecule has 7 rings (SSSR count). The van der Waals surface area contributed by atoms with E-state index in [1.165, 1.54) is 0 Å². The second-order valence-corrected chi connectivity index (χ2v) is 21.2. The van der Waals surface area contributed by atoms with Crippen molar-refractivity contribution in [1.29, 1.82) is 0 Å². The van der Waals surface area contributed by atoms with Crippen molar-refractivity contribution in [2.75, 3.05) is 30.5 Å². The standard InChI is InChI=1S/C41H50ClN3O11Si/c1-22-37(57(3,4)28-13-11-27(54-2)12-14-28)31(19-32(47)44-16-6-9-26(44)21-46)56-41(22)29-18-24(42)10-15-30(29)45(40(41)53)20-23-7-5-8-25(17-23)43-38(51)36-34(49)33(48)35(50)39(52)55-36/h5,7-8,10-15,17-18,22,26,31,33-37,39,46,48-50,52H,6,9,16,19-21H2,1-4H3,(H,43,51)/t22-,26-,31+,33-,34-,35+,36-,37-,39+,41+/m0/s1. The third-order valence-corrected chi connectivity index (χ3v) is 17.1. The lowest BCUT2D eigenvalue weighted by molar-refractivity contribution is -0.274. The van der Waals surface area contributed by atoms with Crippen molar-refractivity contribution in [2.45, 2.75) is 99.8 Å². The predicted octanol–water partition coefficient (Wildman–Crippen LogP) is 2.22. The van der Waals surface area contributed by atoms with Crippen LogP contribution in [0.1, 0.15) is 37.3 Å². The summed E-state index contributed by atoms with van der Waals surface area (Å²) in [6, 6.07) is 19.7. The number of fused-ring (bicyclic) bond motifs is 2. The van der Waals surface area contributed by atoms with Gasteiger partial charge in [-0.15, -0.1) is 0 Å². The zero-order valence-corrected chi connectivity index (χ0v) is 34.0. The first-order valence-electron chi connectivity index (χ1n) is 19.2. The minimum Gasteiger partial charge on any atom is -0.497 e. The van der Waals surface area contributed by atoms with Crippen LogP contribution in [0.4, 0.5) is 11.4 Å². The maximum absolute atomic E-state index is 15.2. The molecule has 3 aromatic rings. The molecule has 4 heterocycles. The molecule has 3 fully saturated rings. The number of ether oxygens (including phenoxy) is 3. The third kappa shape index (κ3) is 7.27. The fourth-order valence-electron chi connectivity index (χ4n) is 9.51. The van der Waals surface area contributed by atoms with E-state index in [0.29, 0.717) is 34.1 Å². The topological polar surface area (TPSA) is 199 Å². The van der Waals surface area contributed by atoms with Gasteiger partial charge in [0.15, 0.2) is 18.0 Å². The summed E-state index contributed by atoms with van der Waals surface area (Å²) in [6.45, 7) is 6.99. The van der Waals surface area contributed by atoms with Crippen LogP contribution >= 0.6 is 11.6 Å². The predicted molar refractivity (Wildman–Crippen MR) is 213 cm³/mol. The molecule has 0 radical (unpaired) electrons. The van der Waals surface area contributed by atoms with E-state index in [4.69, 9.17) is 25.8 Å². The molecule has 0 bridgehead atoms. The monoisotopic (exact) mass is 823 g/mol. The first-order valence-corrected chi connectivity index (χ1v) is 22.7. The Balaban J connectivity index is 1.21. The van der Waals surface area contributed by atoms with Crippen LogP contribution in [-0.2, 0) is 36.0 Å². The SMILES string of the molecule is COc1ccc([Si](C)(C)[C@@H]2[C@@H](CC(=O)N3CCC[C@H]3CO)O[C@]3(C(=O)N(Cc4cccc(NC(=O)[C@H]5O[C@@H](O)[C@H](O)[C@@H](O)[C@@H]5O)c4)c4ccc(Cl)cc43)[C@H]2C)cc1. The largest absolute Gasteiger partial charge is 0.497 e. The van der Waals surface area contributed by atoms with Gasteiger partial charge in [0.2, 0.25) is 5.91 Å². The summed E-state index contributed by atoms with van der Waals surface area (Å²) in [5.41, 5.74) is 0.426. The Morgan fingerprint density at radius 2 is 1.75 bits per heavy atom. The number of hydrogen-bond donors (Lipinski definition) is 6. The van der Waals surface area contributed by atoms with Crippen LogP contribution < -0.4 is 20.1 Å².